The molecule has 0 radical (unpaired) electrons. The lowest BCUT2D eigenvalue weighted by molar-refractivity contribution is 0.0680. The first-order valence-corrected chi connectivity index (χ1v) is 10.2. The number of amides is 1. The van der Waals surface area contributed by atoms with Crippen LogP contribution in [0.2, 0.25) is 5.02 Å². The molecule has 152 valence electrons. The lowest BCUT2D eigenvalue weighted by Gasteiger charge is -2.34. The third-order valence-electron chi connectivity index (χ3n) is 5.70. The monoisotopic (exact) mass is 413 g/mol. The minimum Gasteiger partial charge on any atom is -0.419 e. The first-order valence-electron chi connectivity index (χ1n) is 9.78. The molecule has 0 spiro atoms. The molecule has 4 rings (SSSR count). The summed E-state index contributed by atoms with van der Waals surface area (Å²) in [6, 6.07) is 7.20. The van der Waals surface area contributed by atoms with Gasteiger partial charge in [-0.3, -0.25) is 4.79 Å². The number of hydrogen-bond acceptors (Lipinski definition) is 5. The largest absolute Gasteiger partial charge is 0.419 e. The Balaban J connectivity index is 1.49. The van der Waals surface area contributed by atoms with Crippen LogP contribution < -0.4 is 0 Å². The Morgan fingerprint density at radius 2 is 2.14 bits per heavy atom. The minimum atomic E-state index is -0.0186. The van der Waals surface area contributed by atoms with E-state index in [0.29, 0.717) is 22.4 Å². The third kappa shape index (κ3) is 3.92. The molecule has 1 saturated carbocycles. The van der Waals surface area contributed by atoms with Crippen LogP contribution in [0.4, 0.5) is 0 Å². The average Bonchev–Trinajstić information content (AvgIpc) is 3.33. The van der Waals surface area contributed by atoms with Crippen molar-refractivity contribution in [2.24, 2.45) is 7.05 Å². The van der Waals surface area contributed by atoms with Crippen LogP contribution in [-0.2, 0) is 7.05 Å². The van der Waals surface area contributed by atoms with E-state index in [1.54, 1.807) is 30.6 Å². The van der Waals surface area contributed by atoms with Crippen LogP contribution in [0.25, 0.3) is 11.6 Å². The van der Waals surface area contributed by atoms with Gasteiger partial charge in [-0.05, 0) is 44.4 Å². The second kappa shape index (κ2) is 7.99. The molecule has 2 heterocycles. The molecule has 2 aromatic heterocycles. The summed E-state index contributed by atoms with van der Waals surface area (Å²) in [6.45, 7) is 1.92. The van der Waals surface area contributed by atoms with E-state index in [-0.39, 0.29) is 17.9 Å². The summed E-state index contributed by atoms with van der Waals surface area (Å²) in [6.07, 6.45) is 5.48. The van der Waals surface area contributed by atoms with E-state index in [0.717, 1.165) is 37.1 Å². The second-order valence-corrected chi connectivity index (χ2v) is 8.12. The van der Waals surface area contributed by atoms with Gasteiger partial charge in [-0.2, -0.15) is 0 Å². The van der Waals surface area contributed by atoms with E-state index in [9.17, 15) is 4.79 Å². The fourth-order valence-electron chi connectivity index (χ4n) is 4.08. The first-order chi connectivity index (χ1) is 13.9. The maximum Gasteiger partial charge on any atom is 0.266 e. The van der Waals surface area contributed by atoms with Crippen LogP contribution in [0.3, 0.4) is 0 Å². The van der Waals surface area contributed by atoms with Gasteiger partial charge in [0.2, 0.25) is 5.89 Å². The Labute approximate surface area is 174 Å². The van der Waals surface area contributed by atoms with Gasteiger partial charge in [0.1, 0.15) is 5.69 Å². The smallest absolute Gasteiger partial charge is 0.266 e. The Morgan fingerprint density at radius 3 is 2.86 bits per heavy atom. The molecular formula is C21H24ClN5O2. The van der Waals surface area contributed by atoms with Crippen molar-refractivity contribution in [1.82, 2.24) is 24.6 Å². The molecule has 1 aliphatic rings. The summed E-state index contributed by atoms with van der Waals surface area (Å²) in [5, 5.41) is 9.12. The van der Waals surface area contributed by atoms with Crippen LogP contribution in [0.5, 0.6) is 0 Å². The number of carbonyl (C=O) groups excluding carboxylic acids is 1. The fourth-order valence-corrected chi connectivity index (χ4v) is 4.27. The zero-order chi connectivity index (χ0) is 20.5. The number of carbonyl (C=O) groups is 1. The molecule has 3 aromatic rings. The number of halogens is 1. The highest BCUT2D eigenvalue weighted by atomic mass is 35.5. The quantitative estimate of drug-likeness (QED) is 0.639. The van der Waals surface area contributed by atoms with Crippen molar-refractivity contribution in [3.63, 3.8) is 0 Å². The summed E-state index contributed by atoms with van der Waals surface area (Å²) < 4.78 is 7.90. The molecule has 0 bridgehead atoms. The van der Waals surface area contributed by atoms with Crippen LogP contribution in [0, 0.1) is 6.92 Å². The van der Waals surface area contributed by atoms with Crippen molar-refractivity contribution in [2.45, 2.75) is 44.6 Å². The number of nitrogens with zero attached hydrogens (tertiary/aromatic N) is 5. The molecule has 1 aromatic carbocycles. The zero-order valence-electron chi connectivity index (χ0n) is 16.8. The summed E-state index contributed by atoms with van der Waals surface area (Å²) >= 11 is 6.04. The molecule has 1 amide bonds. The van der Waals surface area contributed by atoms with Crippen molar-refractivity contribution >= 4 is 17.5 Å². The maximum absolute atomic E-state index is 12.9. The molecule has 0 unspecified atom stereocenters. The van der Waals surface area contributed by atoms with Crippen LogP contribution in [-0.4, -0.2) is 43.6 Å². The van der Waals surface area contributed by atoms with Gasteiger partial charge in [-0.25, -0.2) is 4.98 Å². The second-order valence-electron chi connectivity index (χ2n) is 7.68. The summed E-state index contributed by atoms with van der Waals surface area (Å²) in [4.78, 5) is 19.0. The Hall–Kier alpha value is -2.67. The highest BCUT2D eigenvalue weighted by Crippen LogP contribution is 2.35. The third-order valence-corrected chi connectivity index (χ3v) is 5.93. The predicted molar refractivity (Wildman–Crippen MR) is 110 cm³/mol. The van der Waals surface area contributed by atoms with E-state index < -0.39 is 0 Å². The van der Waals surface area contributed by atoms with Crippen LogP contribution in [0.1, 0.15) is 53.5 Å². The maximum atomic E-state index is 12.9. The van der Waals surface area contributed by atoms with Crippen molar-refractivity contribution in [1.29, 1.82) is 0 Å². The van der Waals surface area contributed by atoms with Crippen molar-refractivity contribution in [3.05, 3.63) is 52.8 Å². The number of aromatic nitrogens is 4. The van der Waals surface area contributed by atoms with E-state index in [4.69, 9.17) is 16.0 Å². The molecule has 0 N–H and O–H groups in total. The molecule has 1 aliphatic carbocycles. The minimum absolute atomic E-state index is 0.0186. The average molecular weight is 414 g/mol. The number of hydrogen-bond donors (Lipinski definition) is 0. The molecule has 7 nitrogen and oxygen atoms in total. The lowest BCUT2D eigenvalue weighted by Crippen LogP contribution is -2.39. The van der Waals surface area contributed by atoms with Crippen molar-refractivity contribution in [2.75, 3.05) is 7.05 Å². The topological polar surface area (TPSA) is 77.1 Å². The number of rotatable bonds is 4. The number of aryl methyl sites for hydroxylation is 2. The summed E-state index contributed by atoms with van der Waals surface area (Å²) in [7, 11) is 3.76. The SMILES string of the molecule is Cc1ncn(C)c1-c1nnc([C@H]2CCC[C@H](N(C)C(=O)c3cccc(Cl)c3)C2)o1. The Bertz CT molecular complexity index is 1010. The Kier molecular flexibility index (Phi) is 5.41. The molecular weight excluding hydrogens is 390 g/mol. The van der Waals surface area contributed by atoms with Crippen molar-refractivity contribution in [3.8, 4) is 11.6 Å². The number of benzene rings is 1. The van der Waals surface area contributed by atoms with Gasteiger partial charge in [-0.1, -0.05) is 24.1 Å². The van der Waals surface area contributed by atoms with Gasteiger partial charge in [0, 0.05) is 36.6 Å². The molecule has 29 heavy (non-hydrogen) atoms. The first kappa shape index (κ1) is 19.6. The van der Waals surface area contributed by atoms with E-state index >= 15 is 0 Å². The van der Waals surface area contributed by atoms with Gasteiger partial charge < -0.3 is 13.9 Å². The lowest BCUT2D eigenvalue weighted by atomic mass is 9.85. The zero-order valence-corrected chi connectivity index (χ0v) is 17.6. The Morgan fingerprint density at radius 1 is 1.31 bits per heavy atom. The van der Waals surface area contributed by atoms with Gasteiger partial charge >= 0.3 is 0 Å². The summed E-state index contributed by atoms with van der Waals surface area (Å²) in [5.41, 5.74) is 2.30. The van der Waals surface area contributed by atoms with Crippen LogP contribution in [0.15, 0.2) is 35.0 Å². The molecule has 0 aliphatic heterocycles. The van der Waals surface area contributed by atoms with Crippen LogP contribution >= 0.6 is 11.6 Å². The normalized spacial score (nSPS) is 19.3. The molecule has 1 fully saturated rings. The highest BCUT2D eigenvalue weighted by Gasteiger charge is 2.32. The van der Waals surface area contributed by atoms with Crippen molar-refractivity contribution < 1.29 is 9.21 Å². The standard InChI is InChI=1S/C21H24ClN5O2/c1-13-18(26(2)12-23-13)20-25-24-19(29-20)14-6-5-9-17(11-14)27(3)21(28)15-7-4-8-16(22)10-15/h4,7-8,10,12,14,17H,5-6,9,11H2,1-3H3/t14-,17-/m0/s1. The highest BCUT2D eigenvalue weighted by molar-refractivity contribution is 6.30. The molecule has 0 saturated heterocycles. The predicted octanol–water partition coefficient (Wildman–Crippen LogP) is 4.23. The van der Waals surface area contributed by atoms with Gasteiger partial charge in [0.05, 0.1) is 12.0 Å². The van der Waals surface area contributed by atoms with Gasteiger partial charge in [0.15, 0.2) is 0 Å². The number of imidazole rings is 1. The van der Waals surface area contributed by atoms with E-state index in [2.05, 4.69) is 15.2 Å². The van der Waals surface area contributed by atoms with Gasteiger partial charge in [-0.15, -0.1) is 10.2 Å². The summed E-state index contributed by atoms with van der Waals surface area (Å²) in [5.74, 6) is 1.24. The van der Waals surface area contributed by atoms with E-state index in [1.165, 1.54) is 0 Å². The molecule has 8 heteroatoms. The molecule has 2 atom stereocenters. The van der Waals surface area contributed by atoms with E-state index in [1.807, 2.05) is 30.5 Å². The van der Waals surface area contributed by atoms with Gasteiger partial charge in [0.25, 0.3) is 11.8 Å². The fraction of sp³-hybridized carbons (Fsp3) is 0.429.